The molecule has 0 aromatic carbocycles. The van der Waals surface area contributed by atoms with Crippen molar-refractivity contribution in [1.29, 1.82) is 0 Å². The second-order valence-electron chi connectivity index (χ2n) is 3.30. The van der Waals surface area contributed by atoms with E-state index in [9.17, 15) is 10.2 Å². The summed E-state index contributed by atoms with van der Waals surface area (Å²) < 4.78 is 4.88. The van der Waals surface area contributed by atoms with Crippen LogP contribution in [0.2, 0.25) is 0 Å². The van der Waals surface area contributed by atoms with Gasteiger partial charge >= 0.3 is 0 Å². The number of aliphatic hydroxyl groups excluding tert-OH is 2. The van der Waals surface area contributed by atoms with Gasteiger partial charge in [0.25, 0.3) is 0 Å². The van der Waals surface area contributed by atoms with Crippen molar-refractivity contribution < 1.29 is 20.1 Å². The van der Waals surface area contributed by atoms with Crippen molar-refractivity contribution in [3.05, 3.63) is 0 Å². The molecule has 0 radical (unpaired) electrons. The molecule has 0 spiro atoms. The van der Waals surface area contributed by atoms with Gasteiger partial charge in [-0.15, -0.1) is 0 Å². The lowest BCUT2D eigenvalue weighted by Gasteiger charge is -2.40. The fourth-order valence-electron chi connectivity index (χ4n) is 1.35. The first kappa shape index (κ1) is 8.93. The van der Waals surface area contributed by atoms with Crippen LogP contribution in [-0.4, -0.2) is 39.4 Å². The third kappa shape index (κ3) is 1.70. The maximum atomic E-state index is 9.49. The van der Waals surface area contributed by atoms with Crippen molar-refractivity contribution in [2.24, 2.45) is 0 Å². The number of hydrogen-bond donors (Lipinski definition) is 3. The maximum Gasteiger partial charge on any atom is 0.157 e. The van der Waals surface area contributed by atoms with E-state index >= 15 is 0 Å². The van der Waals surface area contributed by atoms with Crippen molar-refractivity contribution in [1.82, 2.24) is 0 Å². The molecule has 1 unspecified atom stereocenters. The van der Waals surface area contributed by atoms with Gasteiger partial charge in [0.1, 0.15) is 6.10 Å². The molecule has 0 aliphatic carbocycles. The number of aliphatic hydroxyl groups is 3. The Hall–Kier alpha value is -0.160. The molecule has 1 aliphatic heterocycles. The number of rotatable bonds is 0. The Morgan fingerprint density at radius 3 is 2.45 bits per heavy atom. The third-order valence-electron chi connectivity index (χ3n) is 2.04. The van der Waals surface area contributed by atoms with E-state index in [-0.39, 0.29) is 6.42 Å². The lowest BCUT2D eigenvalue weighted by atomic mass is 9.89. The Kier molecular flexibility index (Phi) is 2.20. The highest BCUT2D eigenvalue weighted by Gasteiger charge is 2.42. The molecule has 0 saturated carbocycles. The van der Waals surface area contributed by atoms with Gasteiger partial charge < -0.3 is 20.1 Å². The SMILES string of the molecule is C[C@@H]1OC(O)C[C@@](C)(O)[C@H]1O. The molecule has 66 valence electrons. The van der Waals surface area contributed by atoms with Crippen LogP contribution >= 0.6 is 0 Å². The van der Waals surface area contributed by atoms with Gasteiger partial charge in [0.2, 0.25) is 0 Å². The van der Waals surface area contributed by atoms with E-state index < -0.39 is 24.1 Å². The minimum atomic E-state index is -1.24. The number of ether oxygens (including phenoxy) is 1. The summed E-state index contributed by atoms with van der Waals surface area (Å²) in [5.74, 6) is 0. The lowest BCUT2D eigenvalue weighted by Crippen LogP contribution is -2.54. The Bertz CT molecular complexity index is 145. The van der Waals surface area contributed by atoms with Crippen LogP contribution in [0.1, 0.15) is 20.3 Å². The Labute approximate surface area is 65.4 Å². The van der Waals surface area contributed by atoms with Crippen LogP contribution in [0.5, 0.6) is 0 Å². The van der Waals surface area contributed by atoms with Gasteiger partial charge in [-0.2, -0.15) is 0 Å². The second-order valence-corrected chi connectivity index (χ2v) is 3.30. The van der Waals surface area contributed by atoms with Crippen molar-refractivity contribution in [3.63, 3.8) is 0 Å². The summed E-state index contributed by atoms with van der Waals surface area (Å²) in [5.41, 5.74) is -1.24. The predicted octanol–water partition coefficient (Wildman–Crippen LogP) is -0.775. The van der Waals surface area contributed by atoms with Crippen molar-refractivity contribution in [2.75, 3.05) is 0 Å². The molecular weight excluding hydrogens is 148 g/mol. The van der Waals surface area contributed by atoms with Crippen molar-refractivity contribution >= 4 is 0 Å². The highest BCUT2D eigenvalue weighted by Crippen LogP contribution is 2.27. The van der Waals surface area contributed by atoms with Gasteiger partial charge in [0.15, 0.2) is 6.29 Å². The summed E-state index contributed by atoms with van der Waals surface area (Å²) >= 11 is 0. The fraction of sp³-hybridized carbons (Fsp3) is 1.00. The molecule has 1 fully saturated rings. The van der Waals surface area contributed by atoms with Crippen LogP contribution in [0.4, 0.5) is 0 Å². The van der Waals surface area contributed by atoms with Gasteiger partial charge in [-0.1, -0.05) is 0 Å². The Balaban J connectivity index is 2.67. The molecule has 3 N–H and O–H groups in total. The summed E-state index contributed by atoms with van der Waals surface area (Å²) in [5, 5.41) is 27.9. The zero-order valence-electron chi connectivity index (χ0n) is 6.69. The van der Waals surface area contributed by atoms with Crippen LogP contribution in [0.15, 0.2) is 0 Å². The molecule has 4 atom stereocenters. The largest absolute Gasteiger partial charge is 0.387 e. The minimum Gasteiger partial charge on any atom is -0.387 e. The summed E-state index contributed by atoms with van der Waals surface area (Å²) in [6.07, 6.45) is -2.36. The summed E-state index contributed by atoms with van der Waals surface area (Å²) in [7, 11) is 0. The quantitative estimate of drug-likeness (QED) is 0.437. The first-order chi connectivity index (χ1) is 4.93. The molecular formula is C7H14O4. The minimum absolute atomic E-state index is 0.0541. The van der Waals surface area contributed by atoms with Crippen LogP contribution in [0.25, 0.3) is 0 Å². The molecule has 0 bridgehead atoms. The molecule has 0 aromatic rings. The fourth-order valence-corrected chi connectivity index (χ4v) is 1.35. The van der Waals surface area contributed by atoms with E-state index in [4.69, 9.17) is 9.84 Å². The highest BCUT2D eigenvalue weighted by atomic mass is 16.6. The summed E-state index contributed by atoms with van der Waals surface area (Å²) in [6.45, 7) is 3.10. The third-order valence-corrected chi connectivity index (χ3v) is 2.04. The van der Waals surface area contributed by atoms with Gasteiger partial charge in [0.05, 0.1) is 11.7 Å². The van der Waals surface area contributed by atoms with E-state index in [1.165, 1.54) is 6.92 Å². The molecule has 11 heavy (non-hydrogen) atoms. The van der Waals surface area contributed by atoms with Gasteiger partial charge in [-0.05, 0) is 13.8 Å². The van der Waals surface area contributed by atoms with Gasteiger partial charge in [-0.25, -0.2) is 0 Å². The second kappa shape index (κ2) is 2.71. The number of hydrogen-bond acceptors (Lipinski definition) is 4. The molecule has 1 aliphatic rings. The average molecular weight is 162 g/mol. The summed E-state index contributed by atoms with van der Waals surface area (Å²) in [6, 6.07) is 0. The van der Waals surface area contributed by atoms with E-state index in [0.717, 1.165) is 0 Å². The highest BCUT2D eigenvalue weighted by molar-refractivity contribution is 4.90. The first-order valence-corrected chi connectivity index (χ1v) is 3.67. The normalized spacial score (nSPS) is 52.6. The maximum absolute atomic E-state index is 9.49. The average Bonchev–Trinajstić information content (AvgIpc) is 1.81. The monoisotopic (exact) mass is 162 g/mol. The van der Waals surface area contributed by atoms with Crippen LogP contribution in [0.3, 0.4) is 0 Å². The van der Waals surface area contributed by atoms with E-state index in [2.05, 4.69) is 0 Å². The lowest BCUT2D eigenvalue weighted by molar-refractivity contribution is -0.256. The topological polar surface area (TPSA) is 69.9 Å². The van der Waals surface area contributed by atoms with E-state index in [1.807, 2.05) is 0 Å². The van der Waals surface area contributed by atoms with Crippen LogP contribution in [0, 0.1) is 0 Å². The Morgan fingerprint density at radius 2 is 2.00 bits per heavy atom. The molecule has 1 heterocycles. The van der Waals surface area contributed by atoms with E-state index in [1.54, 1.807) is 6.92 Å². The van der Waals surface area contributed by atoms with Crippen molar-refractivity contribution in [3.8, 4) is 0 Å². The molecule has 1 saturated heterocycles. The molecule has 4 heteroatoms. The summed E-state index contributed by atoms with van der Waals surface area (Å²) in [4.78, 5) is 0. The van der Waals surface area contributed by atoms with Gasteiger partial charge in [-0.3, -0.25) is 0 Å². The van der Waals surface area contributed by atoms with Crippen LogP contribution in [-0.2, 0) is 4.74 Å². The van der Waals surface area contributed by atoms with Crippen molar-refractivity contribution in [2.45, 2.75) is 44.4 Å². The predicted molar refractivity (Wildman–Crippen MR) is 37.8 cm³/mol. The zero-order chi connectivity index (χ0) is 8.65. The molecule has 4 nitrogen and oxygen atoms in total. The molecule has 0 aromatic heterocycles. The first-order valence-electron chi connectivity index (χ1n) is 3.67. The van der Waals surface area contributed by atoms with Crippen LogP contribution < -0.4 is 0 Å². The van der Waals surface area contributed by atoms with Gasteiger partial charge in [0, 0.05) is 6.42 Å². The van der Waals surface area contributed by atoms with E-state index in [0.29, 0.717) is 0 Å². The molecule has 1 rings (SSSR count). The smallest absolute Gasteiger partial charge is 0.157 e. The molecule has 0 amide bonds. The standard InChI is InChI=1S/C7H14O4/c1-4-6(9)7(2,10)3-5(8)11-4/h4-6,8-10H,3H2,1-2H3/t4-,5?,6-,7+/m0/s1. The Morgan fingerprint density at radius 1 is 1.45 bits per heavy atom. The zero-order valence-corrected chi connectivity index (χ0v) is 6.69.